The largest absolute Gasteiger partial charge is 0.315 e. The lowest BCUT2D eigenvalue weighted by molar-refractivity contribution is 0.395. The average molecular weight is 367 g/mol. The molecule has 0 fully saturated rings. The highest BCUT2D eigenvalue weighted by Crippen LogP contribution is 2.40. The van der Waals surface area contributed by atoms with Crippen molar-refractivity contribution < 1.29 is 0 Å². The van der Waals surface area contributed by atoms with Gasteiger partial charge in [-0.1, -0.05) is 18.2 Å². The van der Waals surface area contributed by atoms with Crippen LogP contribution in [0.3, 0.4) is 0 Å². The van der Waals surface area contributed by atoms with E-state index in [-0.39, 0.29) is 5.92 Å². The zero-order valence-corrected chi connectivity index (χ0v) is 15.4. The Morgan fingerprint density at radius 3 is 1.75 bits per heavy atom. The van der Waals surface area contributed by atoms with Gasteiger partial charge < -0.3 is 5.73 Å². The van der Waals surface area contributed by atoms with Crippen LogP contribution in [0.15, 0.2) is 97.7 Å². The lowest BCUT2D eigenvalue weighted by Crippen LogP contribution is -2.46. The summed E-state index contributed by atoms with van der Waals surface area (Å²) in [5.41, 5.74) is 9.83. The lowest BCUT2D eigenvalue weighted by atomic mass is 9.72. The summed E-state index contributed by atoms with van der Waals surface area (Å²) >= 11 is 0. The maximum Gasteiger partial charge on any atom is 0.108 e. The second kappa shape index (κ2) is 8.06. The van der Waals surface area contributed by atoms with Crippen LogP contribution in [0.2, 0.25) is 0 Å². The van der Waals surface area contributed by atoms with E-state index in [9.17, 15) is 0 Å². The minimum absolute atomic E-state index is 0.129. The van der Waals surface area contributed by atoms with E-state index in [4.69, 9.17) is 5.73 Å². The van der Waals surface area contributed by atoms with Crippen LogP contribution in [-0.2, 0) is 12.0 Å². The quantitative estimate of drug-likeness (QED) is 0.564. The smallest absolute Gasteiger partial charge is 0.108 e. The van der Waals surface area contributed by atoms with Gasteiger partial charge >= 0.3 is 0 Å². The summed E-state index contributed by atoms with van der Waals surface area (Å²) in [5.74, 6) is -0.129. The fourth-order valence-corrected chi connectivity index (χ4v) is 3.57. The van der Waals surface area contributed by atoms with E-state index in [2.05, 4.69) is 19.9 Å². The van der Waals surface area contributed by atoms with E-state index in [0.29, 0.717) is 6.42 Å². The molecule has 4 aromatic heterocycles. The van der Waals surface area contributed by atoms with Gasteiger partial charge in [-0.15, -0.1) is 0 Å². The minimum atomic E-state index is -0.929. The summed E-state index contributed by atoms with van der Waals surface area (Å²) in [4.78, 5) is 17.9. The van der Waals surface area contributed by atoms with Gasteiger partial charge in [-0.3, -0.25) is 19.9 Å². The van der Waals surface area contributed by atoms with Crippen molar-refractivity contribution in [3.05, 3.63) is 120 Å². The third-order valence-electron chi connectivity index (χ3n) is 4.97. The summed E-state index contributed by atoms with van der Waals surface area (Å²) in [6.07, 6.45) is 9.57. The van der Waals surface area contributed by atoms with Crippen molar-refractivity contribution in [3.63, 3.8) is 0 Å². The molecule has 0 aliphatic heterocycles. The molecule has 2 N–H and O–H groups in total. The number of nitrogens with zero attached hydrogens (tertiary/aromatic N) is 4. The first kappa shape index (κ1) is 17.9. The zero-order valence-electron chi connectivity index (χ0n) is 15.4. The van der Waals surface area contributed by atoms with E-state index < -0.39 is 5.54 Å². The molecule has 0 saturated carbocycles. The summed E-state index contributed by atoms with van der Waals surface area (Å²) in [6.45, 7) is 0. The first-order valence-corrected chi connectivity index (χ1v) is 9.20. The van der Waals surface area contributed by atoms with Crippen LogP contribution in [0.1, 0.15) is 28.6 Å². The summed E-state index contributed by atoms with van der Waals surface area (Å²) in [6, 6.07) is 21.5. The van der Waals surface area contributed by atoms with Crippen molar-refractivity contribution in [1.29, 1.82) is 0 Å². The Balaban J connectivity index is 1.91. The molecule has 5 nitrogen and oxygen atoms in total. The van der Waals surface area contributed by atoms with Gasteiger partial charge in [-0.25, -0.2) is 0 Å². The van der Waals surface area contributed by atoms with Crippen LogP contribution < -0.4 is 5.73 Å². The van der Waals surface area contributed by atoms with Crippen LogP contribution >= 0.6 is 0 Å². The Bertz CT molecular complexity index is 953. The fourth-order valence-electron chi connectivity index (χ4n) is 3.57. The maximum atomic E-state index is 7.19. The number of nitrogens with two attached hydrogens (primary N) is 1. The van der Waals surface area contributed by atoms with Crippen LogP contribution in [0, 0.1) is 0 Å². The Kier molecular flexibility index (Phi) is 5.17. The molecule has 4 aromatic rings. The molecule has 5 heteroatoms. The Labute approximate surface area is 164 Å². The summed E-state index contributed by atoms with van der Waals surface area (Å²) in [7, 11) is 0. The fraction of sp³-hybridized carbons (Fsp3) is 0.130. The molecule has 1 unspecified atom stereocenters. The number of rotatable bonds is 6. The predicted molar refractivity (Wildman–Crippen MR) is 108 cm³/mol. The molecule has 0 saturated heterocycles. The van der Waals surface area contributed by atoms with Gasteiger partial charge in [-0.2, -0.15) is 0 Å². The van der Waals surface area contributed by atoms with Gasteiger partial charge in [0.25, 0.3) is 0 Å². The highest BCUT2D eigenvalue weighted by atomic mass is 14.9. The summed E-state index contributed by atoms with van der Waals surface area (Å²) in [5, 5.41) is 0. The monoisotopic (exact) mass is 367 g/mol. The lowest BCUT2D eigenvalue weighted by Gasteiger charge is -2.37. The third kappa shape index (κ3) is 3.52. The normalized spacial score (nSPS) is 12.5. The molecule has 0 bridgehead atoms. The number of aromatic nitrogens is 4. The molecule has 0 aliphatic rings. The Hall–Kier alpha value is -3.44. The van der Waals surface area contributed by atoms with Gasteiger partial charge in [0.15, 0.2) is 0 Å². The van der Waals surface area contributed by atoms with Crippen molar-refractivity contribution in [2.75, 3.05) is 0 Å². The van der Waals surface area contributed by atoms with Crippen molar-refractivity contribution in [2.45, 2.75) is 17.9 Å². The molecule has 0 amide bonds. The van der Waals surface area contributed by atoms with Gasteiger partial charge in [0.05, 0.1) is 11.4 Å². The molecule has 0 spiro atoms. The standard InChI is InChI=1S/C23H21N5/c24-23(21-8-2-5-13-27-21,22-9-3-6-14-28-22)20(18-10-15-25-16-11-18)17-19-7-1-4-12-26-19/h1-16,20H,17,24H2. The molecule has 0 aliphatic carbocycles. The van der Waals surface area contributed by atoms with Crippen LogP contribution in [0.25, 0.3) is 0 Å². The number of hydrogen-bond donors (Lipinski definition) is 1. The van der Waals surface area contributed by atoms with Gasteiger partial charge in [0, 0.05) is 42.6 Å². The molecule has 4 heterocycles. The number of pyridine rings is 4. The van der Waals surface area contributed by atoms with Crippen molar-refractivity contribution in [3.8, 4) is 0 Å². The highest BCUT2D eigenvalue weighted by Gasteiger charge is 2.42. The van der Waals surface area contributed by atoms with Crippen LogP contribution in [0.4, 0.5) is 0 Å². The molecule has 0 aromatic carbocycles. The molecule has 28 heavy (non-hydrogen) atoms. The van der Waals surface area contributed by atoms with E-state index in [1.165, 1.54) is 0 Å². The molecule has 4 rings (SSSR count). The number of hydrogen-bond acceptors (Lipinski definition) is 5. The molecule has 0 radical (unpaired) electrons. The van der Waals surface area contributed by atoms with Gasteiger partial charge in [0.1, 0.15) is 5.54 Å². The van der Waals surface area contributed by atoms with Crippen LogP contribution in [-0.4, -0.2) is 19.9 Å². The first-order valence-electron chi connectivity index (χ1n) is 9.20. The van der Waals surface area contributed by atoms with Gasteiger partial charge in [-0.05, 0) is 60.5 Å². The van der Waals surface area contributed by atoms with Crippen molar-refractivity contribution in [1.82, 2.24) is 19.9 Å². The second-order valence-electron chi connectivity index (χ2n) is 6.66. The third-order valence-corrected chi connectivity index (χ3v) is 4.97. The zero-order chi connectivity index (χ0) is 19.2. The van der Waals surface area contributed by atoms with Gasteiger partial charge in [0.2, 0.25) is 0 Å². The predicted octanol–water partition coefficient (Wildman–Crippen LogP) is 3.50. The van der Waals surface area contributed by atoms with E-state index in [0.717, 1.165) is 22.6 Å². The molecular weight excluding hydrogens is 346 g/mol. The topological polar surface area (TPSA) is 77.6 Å². The highest BCUT2D eigenvalue weighted by molar-refractivity contribution is 5.38. The van der Waals surface area contributed by atoms with E-state index in [1.54, 1.807) is 31.0 Å². The minimum Gasteiger partial charge on any atom is -0.315 e. The summed E-state index contributed by atoms with van der Waals surface area (Å²) < 4.78 is 0. The van der Waals surface area contributed by atoms with Crippen molar-refractivity contribution in [2.24, 2.45) is 5.73 Å². The van der Waals surface area contributed by atoms with Crippen LogP contribution in [0.5, 0.6) is 0 Å². The Morgan fingerprint density at radius 2 is 1.25 bits per heavy atom. The van der Waals surface area contributed by atoms with E-state index >= 15 is 0 Å². The van der Waals surface area contributed by atoms with E-state index in [1.807, 2.05) is 66.7 Å². The van der Waals surface area contributed by atoms with Crippen molar-refractivity contribution >= 4 is 0 Å². The Morgan fingerprint density at radius 1 is 0.679 bits per heavy atom. The SMILES string of the molecule is NC(c1ccccn1)(c1ccccn1)C(Cc1ccccn1)c1ccncc1. The second-order valence-corrected chi connectivity index (χ2v) is 6.66. The molecule has 1 atom stereocenters. The average Bonchev–Trinajstić information content (AvgIpc) is 2.79. The molecular formula is C23H21N5. The first-order chi connectivity index (χ1) is 13.8. The molecule has 138 valence electrons. The maximum absolute atomic E-state index is 7.19.